The maximum atomic E-state index is 11.7. The van der Waals surface area contributed by atoms with Gasteiger partial charge >= 0.3 is 5.97 Å². The van der Waals surface area contributed by atoms with Gasteiger partial charge in [-0.15, -0.1) is 0 Å². The molecule has 0 aromatic heterocycles. The molecule has 6 nitrogen and oxygen atoms in total. The van der Waals surface area contributed by atoms with Crippen molar-refractivity contribution >= 4 is 11.9 Å². The maximum Gasteiger partial charge on any atom is 0.311 e. The fraction of sp³-hybridized carbons (Fsp3) is 0.500. The summed E-state index contributed by atoms with van der Waals surface area (Å²) < 4.78 is 10.8. The number of hydrogen-bond acceptors (Lipinski definition) is 4. The van der Waals surface area contributed by atoms with E-state index in [1.165, 1.54) is 0 Å². The summed E-state index contributed by atoms with van der Waals surface area (Å²) >= 11 is 0. The maximum absolute atomic E-state index is 11.7. The molecule has 2 rings (SSSR count). The fourth-order valence-electron chi connectivity index (χ4n) is 1.94. The van der Waals surface area contributed by atoms with Crippen LogP contribution < -0.4 is 14.8 Å². The number of benzene rings is 1. The minimum Gasteiger partial charge on any atom is -0.494 e. The van der Waals surface area contributed by atoms with Crippen molar-refractivity contribution in [3.8, 4) is 11.5 Å². The molecule has 0 radical (unpaired) electrons. The molecule has 0 saturated heterocycles. The van der Waals surface area contributed by atoms with Crippen LogP contribution in [0.15, 0.2) is 24.3 Å². The Balaban J connectivity index is 1.71. The Hall–Kier alpha value is -2.24. The van der Waals surface area contributed by atoms with Crippen molar-refractivity contribution in [2.45, 2.75) is 26.2 Å². The molecule has 120 valence electrons. The summed E-state index contributed by atoms with van der Waals surface area (Å²) in [6.45, 7) is 2.72. The normalized spacial score (nSPS) is 15.0. The van der Waals surface area contributed by atoms with E-state index < -0.39 is 11.4 Å². The number of aliphatic carboxylic acids is 1. The molecule has 2 N–H and O–H groups in total. The first-order valence-corrected chi connectivity index (χ1v) is 7.41. The SMILES string of the molecule is CCCOc1ccc(OCC(=O)NCC2(C(=O)O)CC2)cc1. The molecule has 0 atom stereocenters. The first-order valence-electron chi connectivity index (χ1n) is 7.41. The van der Waals surface area contributed by atoms with Crippen molar-refractivity contribution in [2.75, 3.05) is 19.8 Å². The van der Waals surface area contributed by atoms with E-state index in [4.69, 9.17) is 14.6 Å². The van der Waals surface area contributed by atoms with Crippen molar-refractivity contribution in [3.05, 3.63) is 24.3 Å². The van der Waals surface area contributed by atoms with Crippen LogP contribution in [0.1, 0.15) is 26.2 Å². The Labute approximate surface area is 129 Å². The first-order chi connectivity index (χ1) is 10.6. The van der Waals surface area contributed by atoms with Gasteiger partial charge in [0.1, 0.15) is 11.5 Å². The van der Waals surface area contributed by atoms with E-state index in [1.54, 1.807) is 24.3 Å². The molecule has 1 amide bonds. The second-order valence-electron chi connectivity index (χ2n) is 5.47. The summed E-state index contributed by atoms with van der Waals surface area (Å²) in [7, 11) is 0. The van der Waals surface area contributed by atoms with Crippen LogP contribution in [0.2, 0.25) is 0 Å². The highest BCUT2D eigenvalue weighted by atomic mass is 16.5. The second kappa shape index (κ2) is 7.15. The van der Waals surface area contributed by atoms with Crippen LogP contribution in [0.5, 0.6) is 11.5 Å². The van der Waals surface area contributed by atoms with Gasteiger partial charge in [-0.1, -0.05) is 6.92 Å². The molecular weight excluding hydrogens is 286 g/mol. The highest BCUT2D eigenvalue weighted by Gasteiger charge is 2.50. The largest absolute Gasteiger partial charge is 0.494 e. The lowest BCUT2D eigenvalue weighted by atomic mass is 10.1. The molecule has 0 bridgehead atoms. The van der Waals surface area contributed by atoms with Crippen LogP contribution in [0.3, 0.4) is 0 Å². The molecular formula is C16H21NO5. The van der Waals surface area contributed by atoms with Crippen molar-refractivity contribution in [3.63, 3.8) is 0 Å². The quantitative estimate of drug-likeness (QED) is 0.727. The van der Waals surface area contributed by atoms with E-state index in [9.17, 15) is 9.59 Å². The monoisotopic (exact) mass is 307 g/mol. The van der Waals surface area contributed by atoms with Gasteiger partial charge in [-0.25, -0.2) is 0 Å². The summed E-state index contributed by atoms with van der Waals surface area (Å²) in [6, 6.07) is 7.04. The van der Waals surface area contributed by atoms with Crippen LogP contribution in [0.4, 0.5) is 0 Å². The molecule has 0 unspecified atom stereocenters. The fourth-order valence-corrected chi connectivity index (χ4v) is 1.94. The molecule has 0 heterocycles. The van der Waals surface area contributed by atoms with Crippen LogP contribution >= 0.6 is 0 Å². The minimum absolute atomic E-state index is 0.134. The number of ether oxygens (including phenoxy) is 2. The number of carbonyl (C=O) groups excluding carboxylic acids is 1. The van der Waals surface area contributed by atoms with Crippen LogP contribution in [-0.2, 0) is 9.59 Å². The van der Waals surface area contributed by atoms with E-state index in [2.05, 4.69) is 5.32 Å². The van der Waals surface area contributed by atoms with E-state index in [-0.39, 0.29) is 19.1 Å². The third kappa shape index (κ3) is 4.38. The minimum atomic E-state index is -0.851. The molecule has 0 spiro atoms. The highest BCUT2D eigenvalue weighted by Crippen LogP contribution is 2.45. The zero-order valence-electron chi connectivity index (χ0n) is 12.6. The number of carboxylic acids is 1. The molecule has 1 aromatic rings. The third-order valence-corrected chi connectivity index (χ3v) is 3.60. The number of carbonyl (C=O) groups is 2. The number of carboxylic acid groups (broad SMARTS) is 1. The Morgan fingerprint density at radius 3 is 2.27 bits per heavy atom. The lowest BCUT2D eigenvalue weighted by molar-refractivity contribution is -0.143. The van der Waals surface area contributed by atoms with Gasteiger partial charge in [0.15, 0.2) is 6.61 Å². The molecule has 6 heteroatoms. The van der Waals surface area contributed by atoms with Gasteiger partial charge in [0.2, 0.25) is 0 Å². The lowest BCUT2D eigenvalue weighted by Crippen LogP contribution is -2.36. The van der Waals surface area contributed by atoms with Crippen LogP contribution in [0.25, 0.3) is 0 Å². The Morgan fingerprint density at radius 2 is 1.77 bits per heavy atom. The van der Waals surface area contributed by atoms with Gasteiger partial charge < -0.3 is 19.9 Å². The number of rotatable bonds is 9. The highest BCUT2D eigenvalue weighted by molar-refractivity contribution is 5.81. The zero-order valence-corrected chi connectivity index (χ0v) is 12.6. The average Bonchev–Trinajstić information content (AvgIpc) is 3.31. The van der Waals surface area contributed by atoms with Crippen molar-refractivity contribution < 1.29 is 24.2 Å². The van der Waals surface area contributed by atoms with Crippen molar-refractivity contribution in [1.29, 1.82) is 0 Å². The first kappa shape index (κ1) is 16.1. The number of amides is 1. The summed E-state index contributed by atoms with van der Waals surface area (Å²) in [5, 5.41) is 11.6. The van der Waals surface area contributed by atoms with E-state index >= 15 is 0 Å². The number of hydrogen-bond donors (Lipinski definition) is 2. The molecule has 1 aromatic carbocycles. The molecule has 1 saturated carbocycles. The Morgan fingerprint density at radius 1 is 1.18 bits per heavy atom. The molecule has 1 aliphatic carbocycles. The molecule has 22 heavy (non-hydrogen) atoms. The van der Waals surface area contributed by atoms with E-state index in [0.717, 1.165) is 12.2 Å². The molecule has 1 fully saturated rings. The lowest BCUT2D eigenvalue weighted by Gasteiger charge is -2.12. The molecule has 0 aliphatic heterocycles. The van der Waals surface area contributed by atoms with Gasteiger partial charge in [-0.05, 0) is 43.5 Å². The molecule has 1 aliphatic rings. The van der Waals surface area contributed by atoms with Gasteiger partial charge in [0.05, 0.1) is 12.0 Å². The van der Waals surface area contributed by atoms with Crippen molar-refractivity contribution in [1.82, 2.24) is 5.32 Å². The summed E-state index contributed by atoms with van der Waals surface area (Å²) in [4.78, 5) is 22.7. The zero-order chi connectivity index (χ0) is 16.0. The predicted octanol–water partition coefficient (Wildman–Crippen LogP) is 1.84. The average molecular weight is 307 g/mol. The second-order valence-corrected chi connectivity index (χ2v) is 5.47. The summed E-state index contributed by atoms with van der Waals surface area (Å²) in [6.07, 6.45) is 2.17. The standard InChI is InChI=1S/C16H21NO5/c1-2-9-21-12-3-5-13(6-4-12)22-10-14(18)17-11-16(7-8-16)15(19)20/h3-6H,2,7-11H2,1H3,(H,17,18)(H,19,20). The van der Waals surface area contributed by atoms with Crippen molar-refractivity contribution in [2.24, 2.45) is 5.41 Å². The Bertz CT molecular complexity index is 522. The van der Waals surface area contributed by atoms with Gasteiger partial charge in [0.25, 0.3) is 5.91 Å². The van der Waals surface area contributed by atoms with Gasteiger partial charge in [-0.2, -0.15) is 0 Å². The van der Waals surface area contributed by atoms with Gasteiger partial charge in [-0.3, -0.25) is 9.59 Å². The number of nitrogens with one attached hydrogen (secondary N) is 1. The topological polar surface area (TPSA) is 84.9 Å². The van der Waals surface area contributed by atoms with Crippen LogP contribution in [0, 0.1) is 5.41 Å². The van der Waals surface area contributed by atoms with E-state index in [0.29, 0.717) is 25.2 Å². The Kier molecular flexibility index (Phi) is 5.25. The van der Waals surface area contributed by atoms with E-state index in [1.807, 2.05) is 6.92 Å². The summed E-state index contributed by atoms with van der Waals surface area (Å²) in [5.41, 5.74) is -0.756. The summed E-state index contributed by atoms with van der Waals surface area (Å²) in [5.74, 6) is 0.157. The van der Waals surface area contributed by atoms with Crippen LogP contribution in [-0.4, -0.2) is 36.7 Å². The third-order valence-electron chi connectivity index (χ3n) is 3.60. The predicted molar refractivity (Wildman–Crippen MR) is 80.0 cm³/mol. The smallest absolute Gasteiger partial charge is 0.311 e. The van der Waals surface area contributed by atoms with Gasteiger partial charge in [0, 0.05) is 6.54 Å².